The van der Waals surface area contributed by atoms with Gasteiger partial charge in [-0.15, -0.1) is 0 Å². The van der Waals surface area contributed by atoms with E-state index in [1.54, 1.807) is 0 Å². The number of nitrogens with two attached hydrogens (primary N) is 1. The van der Waals surface area contributed by atoms with Crippen LogP contribution in [-0.4, -0.2) is 10.2 Å². The monoisotopic (exact) mass is 294 g/mol. The Hall–Kier alpha value is -2.37. The van der Waals surface area contributed by atoms with E-state index in [1.807, 2.05) is 35.4 Å². The van der Waals surface area contributed by atoms with E-state index in [2.05, 4.69) is 40.9 Å². The highest BCUT2D eigenvalue weighted by Crippen LogP contribution is 2.35. The molecule has 1 aliphatic carbocycles. The van der Waals surface area contributed by atoms with E-state index in [1.165, 1.54) is 22.7 Å². The zero-order valence-electron chi connectivity index (χ0n) is 11.5. The second kappa shape index (κ2) is 4.87. The number of aryl methyl sites for hydroxylation is 1. The van der Waals surface area contributed by atoms with E-state index in [-0.39, 0.29) is 0 Å². The molecule has 0 saturated heterocycles. The van der Waals surface area contributed by atoms with Gasteiger partial charge in [-0.05, 0) is 6.07 Å². The molecule has 5 heteroatoms. The number of benzene rings is 2. The Morgan fingerprint density at radius 3 is 2.52 bits per heavy atom. The van der Waals surface area contributed by atoms with Crippen molar-refractivity contribution in [2.75, 3.05) is 0 Å². The fourth-order valence-electron chi connectivity index (χ4n) is 2.61. The van der Waals surface area contributed by atoms with Crippen LogP contribution in [0.4, 0.5) is 5.69 Å². The molecule has 0 fully saturated rings. The number of fused-ring (bicyclic) bond motifs is 3. The smallest absolute Gasteiger partial charge is 0.188 e. The molecule has 4 nitrogen and oxygen atoms in total. The van der Waals surface area contributed by atoms with Crippen molar-refractivity contribution in [3.63, 3.8) is 0 Å². The highest BCUT2D eigenvalue weighted by Gasteiger charge is 2.36. The molecule has 0 aliphatic heterocycles. The van der Waals surface area contributed by atoms with Crippen molar-refractivity contribution in [2.24, 2.45) is 12.1 Å². The largest absolute Gasteiger partial charge is 0.261 e. The number of hydrogen-bond acceptors (Lipinski definition) is 3. The molecule has 2 N–H and O–H groups in total. The van der Waals surface area contributed by atoms with Gasteiger partial charge in [-0.2, -0.15) is 5.43 Å². The van der Waals surface area contributed by atoms with E-state index in [0.29, 0.717) is 0 Å². The maximum absolute atomic E-state index is 4.74. The van der Waals surface area contributed by atoms with Gasteiger partial charge >= 0.3 is 0 Å². The van der Waals surface area contributed by atoms with Crippen LogP contribution in [0.3, 0.4) is 0 Å². The first kappa shape index (κ1) is 12.4. The molecular weight excluding hydrogens is 280 g/mol. The van der Waals surface area contributed by atoms with Gasteiger partial charge in [0.25, 0.3) is 5.69 Å². The van der Waals surface area contributed by atoms with Crippen LogP contribution >= 0.6 is 11.5 Å². The van der Waals surface area contributed by atoms with E-state index in [4.69, 9.17) is 5.10 Å². The minimum Gasteiger partial charge on any atom is -0.188 e. The predicted octanol–water partition coefficient (Wildman–Crippen LogP) is 1.60. The number of quaternary nitrogens is 1. The first-order valence-corrected chi connectivity index (χ1v) is 7.54. The molecule has 2 aromatic carbocycles. The summed E-state index contributed by atoms with van der Waals surface area (Å²) in [6.07, 6.45) is 0. The summed E-state index contributed by atoms with van der Waals surface area (Å²) in [7, 11) is 1.98. The summed E-state index contributed by atoms with van der Waals surface area (Å²) in [5.74, 6) is 0. The zero-order chi connectivity index (χ0) is 14.2. The quantitative estimate of drug-likeness (QED) is 0.259. The summed E-state index contributed by atoms with van der Waals surface area (Å²) in [5.41, 5.74) is 7.59. The van der Waals surface area contributed by atoms with Gasteiger partial charge in [0.1, 0.15) is 0 Å². The number of aromatic nitrogens is 2. The second-order valence-corrected chi connectivity index (χ2v) is 5.69. The molecular formula is C16H14N4S+2. The van der Waals surface area contributed by atoms with Crippen LogP contribution in [0.1, 0.15) is 10.4 Å². The van der Waals surface area contributed by atoms with Crippen LogP contribution < -0.4 is 10.1 Å². The van der Waals surface area contributed by atoms with E-state index in [9.17, 15) is 0 Å². The molecule has 0 radical (unpaired) electrons. The number of nitrogens with zero attached hydrogens (tertiary/aromatic N) is 3. The van der Waals surface area contributed by atoms with Gasteiger partial charge in [0, 0.05) is 29.2 Å². The number of rotatable bonds is 2. The van der Waals surface area contributed by atoms with E-state index in [0.717, 1.165) is 22.0 Å². The van der Waals surface area contributed by atoms with Crippen molar-refractivity contribution >= 4 is 22.9 Å². The van der Waals surface area contributed by atoms with Gasteiger partial charge in [-0.1, -0.05) is 46.2 Å². The molecule has 0 spiro atoms. The molecule has 3 aromatic rings. The normalized spacial score (nSPS) is 14.2. The van der Waals surface area contributed by atoms with Crippen molar-refractivity contribution in [2.45, 2.75) is 0 Å². The lowest BCUT2D eigenvalue weighted by molar-refractivity contribution is -0.712. The average molecular weight is 294 g/mol. The molecule has 21 heavy (non-hydrogen) atoms. The zero-order valence-corrected chi connectivity index (χ0v) is 12.3. The Bertz CT molecular complexity index is 836. The Kier molecular flexibility index (Phi) is 2.87. The standard InChI is InChI=1S/C16H13N4S/c1-20-15-13-10-6-5-9-12(13)14(16(15)21-19-20)18-17-11-7-3-2-4-8-11/h2-10,17H,1H3/q+1/p+1/b18-14+. The summed E-state index contributed by atoms with van der Waals surface area (Å²) < 4.78 is 6.34. The molecule has 0 unspecified atom stereocenters. The molecule has 102 valence electrons. The molecule has 4 rings (SSSR count). The lowest BCUT2D eigenvalue weighted by Crippen LogP contribution is -2.71. The first-order chi connectivity index (χ1) is 10.3. The van der Waals surface area contributed by atoms with Gasteiger partial charge < -0.3 is 0 Å². The predicted molar refractivity (Wildman–Crippen MR) is 82.4 cm³/mol. The SMILES string of the molecule is C[n+]1nsc2c1-c1ccccc1/C2=N\[NH2+]c1ccccc1. The van der Waals surface area contributed by atoms with Crippen LogP contribution in [0.5, 0.6) is 0 Å². The van der Waals surface area contributed by atoms with Crippen LogP contribution in [0, 0.1) is 0 Å². The van der Waals surface area contributed by atoms with Gasteiger partial charge in [0.15, 0.2) is 23.3 Å². The summed E-state index contributed by atoms with van der Waals surface area (Å²) in [5, 5.41) is 4.74. The Labute approximate surface area is 126 Å². The fourth-order valence-corrected chi connectivity index (χ4v) is 3.47. The third kappa shape index (κ3) is 1.98. The molecule has 1 aliphatic rings. The Morgan fingerprint density at radius 1 is 1.00 bits per heavy atom. The Balaban J connectivity index is 1.82. The van der Waals surface area contributed by atoms with Crippen molar-refractivity contribution in [1.82, 2.24) is 4.49 Å². The molecule has 1 aromatic heterocycles. The summed E-state index contributed by atoms with van der Waals surface area (Å²) in [4.78, 5) is 1.14. The van der Waals surface area contributed by atoms with Gasteiger partial charge in [0.05, 0.1) is 10.1 Å². The van der Waals surface area contributed by atoms with Gasteiger partial charge in [0.2, 0.25) is 0 Å². The molecule has 0 bridgehead atoms. The molecule has 0 saturated carbocycles. The van der Waals surface area contributed by atoms with Crippen molar-refractivity contribution in [1.29, 1.82) is 0 Å². The van der Waals surface area contributed by atoms with Gasteiger partial charge in [-0.3, -0.25) is 0 Å². The third-order valence-corrected chi connectivity index (χ3v) is 4.48. The minimum absolute atomic E-state index is 1.02. The van der Waals surface area contributed by atoms with Crippen LogP contribution in [-0.2, 0) is 7.05 Å². The van der Waals surface area contributed by atoms with Crippen molar-refractivity contribution in [3.05, 3.63) is 65.0 Å². The van der Waals surface area contributed by atoms with Crippen LogP contribution in [0.2, 0.25) is 0 Å². The maximum Gasteiger partial charge on any atom is 0.261 e. The van der Waals surface area contributed by atoms with Crippen LogP contribution in [0.25, 0.3) is 11.3 Å². The first-order valence-electron chi connectivity index (χ1n) is 6.77. The fraction of sp³-hybridized carbons (Fsp3) is 0.0625. The third-order valence-electron chi connectivity index (χ3n) is 3.59. The highest BCUT2D eigenvalue weighted by atomic mass is 32.1. The van der Waals surface area contributed by atoms with Crippen molar-refractivity contribution in [3.8, 4) is 11.3 Å². The molecule has 1 heterocycles. The molecule has 0 amide bonds. The van der Waals surface area contributed by atoms with E-state index >= 15 is 0 Å². The number of hydrogen-bond donors (Lipinski definition) is 1. The lowest BCUT2D eigenvalue weighted by Gasteiger charge is -1.98. The topological polar surface area (TPSA) is 45.7 Å². The highest BCUT2D eigenvalue weighted by molar-refractivity contribution is 7.08. The molecule has 0 atom stereocenters. The summed E-state index contributed by atoms with van der Waals surface area (Å²) >= 11 is 1.50. The summed E-state index contributed by atoms with van der Waals surface area (Å²) in [6.45, 7) is 0. The lowest BCUT2D eigenvalue weighted by atomic mass is 10.1. The van der Waals surface area contributed by atoms with Crippen LogP contribution in [0.15, 0.2) is 59.7 Å². The van der Waals surface area contributed by atoms with Gasteiger partial charge in [-0.25, -0.2) is 0 Å². The van der Waals surface area contributed by atoms with E-state index < -0.39 is 0 Å². The minimum atomic E-state index is 1.02. The Morgan fingerprint density at radius 2 is 1.71 bits per heavy atom. The van der Waals surface area contributed by atoms with Crippen molar-refractivity contribution < 1.29 is 10.1 Å². The average Bonchev–Trinajstić information content (AvgIpc) is 3.05. The maximum atomic E-state index is 4.74. The second-order valence-electron chi connectivity index (χ2n) is 4.94. The summed E-state index contributed by atoms with van der Waals surface area (Å²) in [6, 6.07) is 18.5.